The normalized spacial score (nSPS) is 9.75. The molecule has 0 aliphatic heterocycles. The van der Waals surface area contributed by atoms with Crippen molar-refractivity contribution >= 4 is 6.02 Å². The molecule has 0 aromatic heterocycles. The molecule has 0 unspecified atom stereocenters. The van der Waals surface area contributed by atoms with E-state index in [2.05, 4.69) is 4.99 Å². The first kappa shape index (κ1) is 17.9. The van der Waals surface area contributed by atoms with Crippen LogP contribution < -0.4 is 42.8 Å². The first-order chi connectivity index (χ1) is 6.70. The maximum Gasteiger partial charge on any atom is 1.00 e. The standard InChI is InChI=1S/C11H15N2O.2Li/c1-13(2)11(14)12-9-8-10-6-4-3-5-7-10;;/h3-8H,9H2,1-2H3,(H,12,14);;/q-1;2*+1/p-1. The molecule has 0 fully saturated rings. The van der Waals surface area contributed by atoms with E-state index < -0.39 is 0 Å². The van der Waals surface area contributed by atoms with Crippen LogP contribution in [0, 0.1) is 6.42 Å². The molecule has 16 heavy (non-hydrogen) atoms. The Hall–Kier alpha value is -0.445. The molecule has 0 saturated carbocycles. The zero-order valence-electron chi connectivity index (χ0n) is 10.5. The van der Waals surface area contributed by atoms with E-state index in [1.807, 2.05) is 36.8 Å². The van der Waals surface area contributed by atoms with E-state index in [1.54, 1.807) is 14.1 Å². The van der Waals surface area contributed by atoms with Crippen LogP contribution in [-0.4, -0.2) is 31.6 Å². The molecule has 0 aliphatic carbocycles. The fourth-order valence-electron chi connectivity index (χ4n) is 0.960. The Morgan fingerprint density at radius 1 is 1.25 bits per heavy atom. The fraction of sp³-hybridized carbons (Fsp3) is 0.273. The van der Waals surface area contributed by atoms with E-state index in [4.69, 9.17) is 0 Å². The Morgan fingerprint density at radius 2 is 1.81 bits per heavy atom. The van der Waals surface area contributed by atoms with Gasteiger partial charge in [-0.05, 0) is 0 Å². The van der Waals surface area contributed by atoms with Gasteiger partial charge in [-0.2, -0.15) is 24.1 Å². The summed E-state index contributed by atoms with van der Waals surface area (Å²) in [5, 5.41) is 11.1. The van der Waals surface area contributed by atoms with Gasteiger partial charge in [0.15, 0.2) is 0 Å². The molecule has 0 atom stereocenters. The van der Waals surface area contributed by atoms with Gasteiger partial charge in [0, 0.05) is 26.7 Å². The Kier molecular flexibility index (Phi) is 10.9. The largest absolute Gasteiger partial charge is 1.00 e. The van der Waals surface area contributed by atoms with Crippen molar-refractivity contribution in [3.63, 3.8) is 0 Å². The number of hydrogen-bond donors (Lipinski definition) is 0. The van der Waals surface area contributed by atoms with E-state index in [-0.39, 0.29) is 43.7 Å². The molecular formula is C11H14Li2N2O. The van der Waals surface area contributed by atoms with E-state index in [9.17, 15) is 5.11 Å². The van der Waals surface area contributed by atoms with Crippen molar-refractivity contribution in [1.82, 2.24) is 4.90 Å². The maximum absolute atomic E-state index is 11.1. The Balaban J connectivity index is 0. The molecule has 0 bridgehead atoms. The summed E-state index contributed by atoms with van der Waals surface area (Å²) in [5.41, 5.74) is 1.09. The molecule has 0 amide bonds. The molecular weight excluding hydrogens is 190 g/mol. The molecule has 0 spiro atoms. The van der Waals surface area contributed by atoms with Gasteiger partial charge in [0.1, 0.15) is 0 Å². The van der Waals surface area contributed by atoms with Gasteiger partial charge in [0.05, 0.1) is 0 Å². The second kappa shape index (κ2) is 9.76. The number of hydrogen-bond acceptors (Lipinski definition) is 2. The molecule has 0 radical (unpaired) electrons. The molecule has 3 nitrogen and oxygen atoms in total. The molecule has 0 saturated heterocycles. The molecule has 0 aliphatic rings. The van der Waals surface area contributed by atoms with Gasteiger partial charge in [0.25, 0.3) is 0 Å². The van der Waals surface area contributed by atoms with Gasteiger partial charge in [-0.15, -0.1) is 12.1 Å². The van der Waals surface area contributed by atoms with Crippen LogP contribution in [0.5, 0.6) is 0 Å². The van der Waals surface area contributed by atoms with Crippen LogP contribution in [0.1, 0.15) is 5.56 Å². The van der Waals surface area contributed by atoms with E-state index in [1.165, 1.54) is 4.90 Å². The van der Waals surface area contributed by atoms with Crippen LogP contribution in [0.15, 0.2) is 35.3 Å². The van der Waals surface area contributed by atoms with Crippen LogP contribution in [0.25, 0.3) is 0 Å². The summed E-state index contributed by atoms with van der Waals surface area (Å²) in [6.07, 6.45) is 1.92. The summed E-state index contributed by atoms with van der Waals surface area (Å²) in [4.78, 5) is 5.31. The monoisotopic (exact) mass is 204 g/mol. The summed E-state index contributed by atoms with van der Waals surface area (Å²) in [5.74, 6) is 0. The SMILES string of the molecule is CN(C)C([O-])=NC[CH-]c1ccccc1.[Li+].[Li+]. The summed E-state index contributed by atoms with van der Waals surface area (Å²) >= 11 is 0. The smallest absolute Gasteiger partial charge is 0.846 e. The quantitative estimate of drug-likeness (QED) is 0.213. The summed E-state index contributed by atoms with van der Waals surface area (Å²) < 4.78 is 0. The third-order valence-corrected chi connectivity index (χ3v) is 1.74. The van der Waals surface area contributed by atoms with Crippen molar-refractivity contribution in [3.05, 3.63) is 42.3 Å². The van der Waals surface area contributed by atoms with Crippen LogP contribution in [-0.2, 0) is 0 Å². The van der Waals surface area contributed by atoms with Gasteiger partial charge in [-0.25, -0.2) is 0 Å². The first-order valence-corrected chi connectivity index (χ1v) is 4.47. The second-order valence-corrected chi connectivity index (χ2v) is 3.13. The molecule has 76 valence electrons. The van der Waals surface area contributed by atoms with Crippen LogP contribution in [0.3, 0.4) is 0 Å². The maximum atomic E-state index is 11.1. The number of benzene rings is 1. The van der Waals surface area contributed by atoms with Crippen LogP contribution in [0.4, 0.5) is 0 Å². The van der Waals surface area contributed by atoms with Crippen LogP contribution in [0.2, 0.25) is 0 Å². The molecule has 5 heteroatoms. The van der Waals surface area contributed by atoms with Crippen molar-refractivity contribution in [1.29, 1.82) is 0 Å². The zero-order valence-corrected chi connectivity index (χ0v) is 10.5. The first-order valence-electron chi connectivity index (χ1n) is 4.47. The third-order valence-electron chi connectivity index (χ3n) is 1.74. The topological polar surface area (TPSA) is 38.7 Å². The summed E-state index contributed by atoms with van der Waals surface area (Å²) in [6.45, 7) is 0.432. The predicted octanol–water partition coefficient (Wildman–Crippen LogP) is -5.48. The number of aliphatic imine (C=N–C) groups is 1. The molecule has 1 aromatic carbocycles. The molecule has 1 aromatic rings. The van der Waals surface area contributed by atoms with Crippen molar-refractivity contribution in [2.24, 2.45) is 4.99 Å². The molecule has 0 heterocycles. The summed E-state index contributed by atoms with van der Waals surface area (Å²) in [7, 11) is 3.38. The van der Waals surface area contributed by atoms with E-state index in [0.29, 0.717) is 6.54 Å². The molecule has 1 rings (SSSR count). The van der Waals surface area contributed by atoms with E-state index >= 15 is 0 Å². The van der Waals surface area contributed by atoms with Crippen molar-refractivity contribution in [2.75, 3.05) is 20.6 Å². The predicted molar refractivity (Wildman–Crippen MR) is 55.8 cm³/mol. The minimum atomic E-state index is -0.197. The second-order valence-electron chi connectivity index (χ2n) is 3.13. The fourth-order valence-corrected chi connectivity index (χ4v) is 0.960. The van der Waals surface area contributed by atoms with Gasteiger partial charge in [-0.3, -0.25) is 4.99 Å². The zero-order chi connectivity index (χ0) is 10.4. The average molecular weight is 204 g/mol. The Morgan fingerprint density at radius 3 is 2.31 bits per heavy atom. The van der Waals surface area contributed by atoms with Gasteiger partial charge in [-0.1, -0.05) is 6.07 Å². The molecule has 0 N–H and O–H groups in total. The van der Waals surface area contributed by atoms with Gasteiger partial charge < -0.3 is 10.0 Å². The minimum Gasteiger partial charge on any atom is -0.846 e. The number of amidine groups is 1. The third kappa shape index (κ3) is 6.93. The van der Waals surface area contributed by atoms with E-state index in [0.717, 1.165) is 5.56 Å². The van der Waals surface area contributed by atoms with Crippen molar-refractivity contribution in [2.45, 2.75) is 0 Å². The minimum absolute atomic E-state index is 0. The number of nitrogens with zero attached hydrogens (tertiary/aromatic N) is 2. The Bertz CT molecular complexity index is 302. The Labute approximate surface area is 121 Å². The van der Waals surface area contributed by atoms with Crippen molar-refractivity contribution in [3.8, 4) is 0 Å². The number of rotatable bonds is 3. The van der Waals surface area contributed by atoms with Crippen molar-refractivity contribution < 1.29 is 42.8 Å². The average Bonchev–Trinajstić information content (AvgIpc) is 2.19. The van der Waals surface area contributed by atoms with Gasteiger partial charge in [0.2, 0.25) is 0 Å². The van der Waals surface area contributed by atoms with Gasteiger partial charge >= 0.3 is 37.7 Å². The summed E-state index contributed by atoms with van der Waals surface area (Å²) in [6, 6.07) is 9.64. The van der Waals surface area contributed by atoms with Crippen LogP contribution >= 0.6 is 0 Å².